The first-order valence-corrected chi connectivity index (χ1v) is 8.81. The van der Waals surface area contributed by atoms with Gasteiger partial charge in [0.05, 0.1) is 0 Å². The standard InChI is InChI=1S/C17H29NS/c1-4-6-9-13-19-14-17(18-12-5-2)16-11-8-7-10-15(16)3/h7-8,10-11,17-18H,4-6,9,12-14H2,1-3H3. The van der Waals surface area contributed by atoms with E-state index in [0.29, 0.717) is 6.04 Å². The Bertz CT molecular complexity index is 338. The molecular formula is C17H29NS. The van der Waals surface area contributed by atoms with Crippen molar-refractivity contribution in [1.29, 1.82) is 0 Å². The number of aryl methyl sites for hydroxylation is 1. The van der Waals surface area contributed by atoms with Crippen LogP contribution in [0.25, 0.3) is 0 Å². The molecule has 19 heavy (non-hydrogen) atoms. The van der Waals surface area contributed by atoms with Crippen LogP contribution in [0.3, 0.4) is 0 Å². The molecule has 0 radical (unpaired) electrons. The maximum absolute atomic E-state index is 3.70. The largest absolute Gasteiger partial charge is 0.309 e. The highest BCUT2D eigenvalue weighted by molar-refractivity contribution is 7.99. The van der Waals surface area contributed by atoms with Crippen molar-refractivity contribution in [3.05, 3.63) is 35.4 Å². The summed E-state index contributed by atoms with van der Waals surface area (Å²) in [6.45, 7) is 7.83. The van der Waals surface area contributed by atoms with Crippen molar-refractivity contribution >= 4 is 11.8 Å². The molecule has 1 aromatic rings. The highest BCUT2D eigenvalue weighted by atomic mass is 32.2. The van der Waals surface area contributed by atoms with Crippen molar-refractivity contribution in [3.8, 4) is 0 Å². The second-order valence-electron chi connectivity index (χ2n) is 5.15. The van der Waals surface area contributed by atoms with E-state index in [1.165, 1.54) is 48.3 Å². The summed E-state index contributed by atoms with van der Waals surface area (Å²) in [5, 5.41) is 3.70. The Morgan fingerprint density at radius 2 is 1.89 bits per heavy atom. The van der Waals surface area contributed by atoms with E-state index in [2.05, 4.69) is 62.1 Å². The highest BCUT2D eigenvalue weighted by Gasteiger charge is 2.12. The van der Waals surface area contributed by atoms with E-state index in [9.17, 15) is 0 Å². The molecule has 0 spiro atoms. The lowest BCUT2D eigenvalue weighted by Gasteiger charge is -2.20. The number of hydrogen-bond donors (Lipinski definition) is 1. The normalized spacial score (nSPS) is 12.6. The van der Waals surface area contributed by atoms with Gasteiger partial charge in [-0.25, -0.2) is 0 Å². The molecule has 108 valence electrons. The number of rotatable bonds is 10. The topological polar surface area (TPSA) is 12.0 Å². The molecule has 0 saturated heterocycles. The first kappa shape index (κ1) is 16.6. The van der Waals surface area contributed by atoms with Crippen molar-refractivity contribution < 1.29 is 0 Å². The molecule has 1 unspecified atom stereocenters. The van der Waals surface area contributed by atoms with E-state index in [0.717, 1.165) is 6.54 Å². The zero-order valence-corrected chi connectivity index (χ0v) is 13.6. The molecule has 1 rings (SSSR count). The molecule has 1 nitrogen and oxygen atoms in total. The maximum atomic E-state index is 3.70. The number of benzene rings is 1. The van der Waals surface area contributed by atoms with E-state index in [-0.39, 0.29) is 0 Å². The van der Waals surface area contributed by atoms with Gasteiger partial charge in [0.25, 0.3) is 0 Å². The summed E-state index contributed by atoms with van der Waals surface area (Å²) in [6.07, 6.45) is 5.23. The molecule has 2 heteroatoms. The average Bonchev–Trinajstić information content (AvgIpc) is 2.43. The van der Waals surface area contributed by atoms with Crippen LogP contribution < -0.4 is 5.32 Å². The number of thioether (sulfide) groups is 1. The quantitative estimate of drug-likeness (QED) is 0.608. The van der Waals surface area contributed by atoms with Crippen LogP contribution in [0.1, 0.15) is 56.7 Å². The second kappa shape index (κ2) is 10.3. The van der Waals surface area contributed by atoms with Crippen LogP contribution in [0, 0.1) is 6.92 Å². The number of hydrogen-bond acceptors (Lipinski definition) is 2. The predicted molar refractivity (Wildman–Crippen MR) is 89.1 cm³/mol. The minimum absolute atomic E-state index is 0.507. The summed E-state index contributed by atoms with van der Waals surface area (Å²) in [6, 6.07) is 9.29. The predicted octanol–water partition coefficient (Wildman–Crippen LogP) is 4.96. The van der Waals surface area contributed by atoms with Gasteiger partial charge in [0.15, 0.2) is 0 Å². The van der Waals surface area contributed by atoms with Gasteiger partial charge in [-0.1, -0.05) is 51.0 Å². The SMILES string of the molecule is CCCCCSCC(NCCC)c1ccccc1C. The highest BCUT2D eigenvalue weighted by Crippen LogP contribution is 2.22. The Morgan fingerprint density at radius 3 is 2.58 bits per heavy atom. The van der Waals surface area contributed by atoms with Crippen molar-refractivity contribution in [2.45, 2.75) is 52.5 Å². The van der Waals surface area contributed by atoms with Crippen LogP contribution in [0.5, 0.6) is 0 Å². The van der Waals surface area contributed by atoms with Crippen molar-refractivity contribution in [2.24, 2.45) is 0 Å². The van der Waals surface area contributed by atoms with Gasteiger partial charge < -0.3 is 5.32 Å². The molecule has 0 aliphatic heterocycles. The minimum atomic E-state index is 0.507. The molecule has 0 bridgehead atoms. The Morgan fingerprint density at radius 1 is 1.11 bits per heavy atom. The molecule has 0 heterocycles. The molecule has 0 aromatic heterocycles. The molecule has 0 aliphatic carbocycles. The molecule has 1 atom stereocenters. The fraction of sp³-hybridized carbons (Fsp3) is 0.647. The van der Waals surface area contributed by atoms with Crippen LogP contribution in [0.15, 0.2) is 24.3 Å². The van der Waals surface area contributed by atoms with Gasteiger partial charge in [-0.2, -0.15) is 11.8 Å². The molecule has 0 amide bonds. The van der Waals surface area contributed by atoms with E-state index in [4.69, 9.17) is 0 Å². The molecule has 1 aromatic carbocycles. The molecular weight excluding hydrogens is 250 g/mol. The van der Waals surface area contributed by atoms with Gasteiger partial charge in [0.1, 0.15) is 0 Å². The first-order valence-electron chi connectivity index (χ1n) is 7.66. The van der Waals surface area contributed by atoms with Crippen molar-refractivity contribution in [2.75, 3.05) is 18.1 Å². The number of nitrogens with one attached hydrogen (secondary N) is 1. The van der Waals surface area contributed by atoms with Gasteiger partial charge in [-0.3, -0.25) is 0 Å². The molecule has 0 aliphatic rings. The van der Waals surface area contributed by atoms with Crippen LogP contribution in [0.2, 0.25) is 0 Å². The Hall–Kier alpha value is -0.470. The van der Waals surface area contributed by atoms with Crippen molar-refractivity contribution in [3.63, 3.8) is 0 Å². The smallest absolute Gasteiger partial charge is 0.0414 e. The zero-order chi connectivity index (χ0) is 13.9. The minimum Gasteiger partial charge on any atom is -0.309 e. The average molecular weight is 279 g/mol. The summed E-state index contributed by atoms with van der Waals surface area (Å²) >= 11 is 2.09. The second-order valence-corrected chi connectivity index (χ2v) is 6.30. The summed E-state index contributed by atoms with van der Waals surface area (Å²) in [7, 11) is 0. The molecule has 0 fully saturated rings. The summed E-state index contributed by atoms with van der Waals surface area (Å²) < 4.78 is 0. The van der Waals surface area contributed by atoms with Gasteiger partial charge in [-0.05, 0) is 43.2 Å². The van der Waals surface area contributed by atoms with E-state index in [1.54, 1.807) is 0 Å². The fourth-order valence-corrected chi connectivity index (χ4v) is 3.32. The van der Waals surface area contributed by atoms with Gasteiger partial charge >= 0.3 is 0 Å². The molecule has 1 N–H and O–H groups in total. The number of unbranched alkanes of at least 4 members (excludes halogenated alkanes) is 2. The van der Waals surface area contributed by atoms with E-state index >= 15 is 0 Å². The van der Waals surface area contributed by atoms with Crippen LogP contribution in [-0.4, -0.2) is 18.1 Å². The summed E-state index contributed by atoms with van der Waals surface area (Å²) in [4.78, 5) is 0. The first-order chi connectivity index (χ1) is 9.29. The third kappa shape index (κ3) is 6.49. The Labute approximate surface area is 123 Å². The summed E-state index contributed by atoms with van der Waals surface area (Å²) in [5.41, 5.74) is 2.88. The third-order valence-electron chi connectivity index (χ3n) is 3.38. The Kier molecular flexibility index (Phi) is 9.02. The van der Waals surface area contributed by atoms with E-state index < -0.39 is 0 Å². The third-order valence-corrected chi connectivity index (χ3v) is 4.53. The lowest BCUT2D eigenvalue weighted by molar-refractivity contribution is 0.575. The lowest BCUT2D eigenvalue weighted by atomic mass is 10.0. The van der Waals surface area contributed by atoms with Crippen LogP contribution in [-0.2, 0) is 0 Å². The van der Waals surface area contributed by atoms with Gasteiger partial charge in [-0.15, -0.1) is 0 Å². The van der Waals surface area contributed by atoms with Crippen molar-refractivity contribution in [1.82, 2.24) is 5.32 Å². The fourth-order valence-electron chi connectivity index (χ4n) is 2.21. The zero-order valence-electron chi connectivity index (χ0n) is 12.7. The van der Waals surface area contributed by atoms with Crippen LogP contribution in [0.4, 0.5) is 0 Å². The summed E-state index contributed by atoms with van der Waals surface area (Å²) in [5.74, 6) is 2.48. The van der Waals surface area contributed by atoms with E-state index in [1.807, 2.05) is 0 Å². The monoisotopic (exact) mass is 279 g/mol. The van der Waals surface area contributed by atoms with Gasteiger partial charge in [0.2, 0.25) is 0 Å². The molecule has 0 saturated carbocycles. The maximum Gasteiger partial charge on any atom is 0.0414 e. The van der Waals surface area contributed by atoms with Gasteiger partial charge in [0, 0.05) is 11.8 Å². The lowest BCUT2D eigenvalue weighted by Crippen LogP contribution is -2.25. The van der Waals surface area contributed by atoms with Crippen LogP contribution >= 0.6 is 11.8 Å². The Balaban J connectivity index is 2.49.